The van der Waals surface area contributed by atoms with Crippen LogP contribution >= 0.6 is 0 Å². The Kier molecular flexibility index (Phi) is 7.33. The SMILES string of the molecule is CC[C@@H](Oc1cc(C)ccc1C)C(=O)Nc1ccc(S(=O)(=O)Nc2nc(C)cc(C)n2)cc1. The summed E-state index contributed by atoms with van der Waals surface area (Å²) in [5.74, 6) is 0.369. The Bertz CT molecular complexity index is 1240. The first kappa shape index (κ1) is 24.2. The number of hydrogen-bond acceptors (Lipinski definition) is 6. The molecule has 1 amide bonds. The van der Waals surface area contributed by atoms with Crippen LogP contribution in [0.15, 0.2) is 53.4 Å². The van der Waals surface area contributed by atoms with Gasteiger partial charge in [0.2, 0.25) is 5.95 Å². The standard InChI is InChI=1S/C24H28N4O4S/c1-6-21(32-22-13-15(2)7-8-16(22)3)23(29)27-19-9-11-20(12-10-19)33(30,31)28-24-25-17(4)14-18(5)26-24/h7-14,21H,6H2,1-5H3,(H,27,29)(H,25,26,28)/t21-/m1/s1. The number of carbonyl (C=O) groups is 1. The van der Waals surface area contributed by atoms with Crippen LogP contribution in [0.2, 0.25) is 0 Å². The zero-order valence-corrected chi connectivity index (χ0v) is 20.2. The van der Waals surface area contributed by atoms with E-state index in [1.165, 1.54) is 24.3 Å². The quantitative estimate of drug-likeness (QED) is 0.510. The van der Waals surface area contributed by atoms with Crippen molar-refractivity contribution in [2.45, 2.75) is 52.0 Å². The van der Waals surface area contributed by atoms with Crippen LogP contribution < -0.4 is 14.8 Å². The van der Waals surface area contributed by atoms with Crippen molar-refractivity contribution in [3.05, 3.63) is 71.0 Å². The molecule has 3 aromatic rings. The third-order valence-corrected chi connectivity index (χ3v) is 6.26. The summed E-state index contributed by atoms with van der Waals surface area (Å²) in [7, 11) is -3.88. The Balaban J connectivity index is 1.69. The fourth-order valence-electron chi connectivity index (χ4n) is 3.20. The average molecular weight is 469 g/mol. The molecule has 1 aromatic heterocycles. The summed E-state index contributed by atoms with van der Waals surface area (Å²) in [6.45, 7) is 9.28. The Morgan fingerprint density at radius 2 is 1.61 bits per heavy atom. The van der Waals surface area contributed by atoms with E-state index in [4.69, 9.17) is 4.74 Å². The average Bonchev–Trinajstić information content (AvgIpc) is 2.73. The van der Waals surface area contributed by atoms with Crippen molar-refractivity contribution in [1.29, 1.82) is 0 Å². The van der Waals surface area contributed by atoms with Crippen LogP contribution in [0.1, 0.15) is 35.9 Å². The molecule has 9 heteroatoms. The lowest BCUT2D eigenvalue weighted by Gasteiger charge is -2.19. The van der Waals surface area contributed by atoms with Gasteiger partial charge in [0, 0.05) is 17.1 Å². The van der Waals surface area contributed by atoms with Crippen molar-refractivity contribution in [3.8, 4) is 5.75 Å². The number of anilines is 2. The lowest BCUT2D eigenvalue weighted by atomic mass is 10.1. The van der Waals surface area contributed by atoms with Crippen LogP contribution in [0, 0.1) is 27.7 Å². The van der Waals surface area contributed by atoms with Gasteiger partial charge in [0.15, 0.2) is 6.10 Å². The Morgan fingerprint density at radius 1 is 0.970 bits per heavy atom. The van der Waals surface area contributed by atoms with Crippen LogP contribution in [0.5, 0.6) is 5.75 Å². The van der Waals surface area contributed by atoms with Gasteiger partial charge in [-0.05, 0) is 81.6 Å². The minimum absolute atomic E-state index is 0.0132. The summed E-state index contributed by atoms with van der Waals surface area (Å²) in [6.07, 6.45) is -0.205. The van der Waals surface area contributed by atoms with Gasteiger partial charge in [-0.1, -0.05) is 19.1 Å². The zero-order chi connectivity index (χ0) is 24.2. The highest BCUT2D eigenvalue weighted by molar-refractivity contribution is 7.92. The Hall–Kier alpha value is -3.46. The summed E-state index contributed by atoms with van der Waals surface area (Å²) in [5.41, 5.74) is 3.77. The molecule has 2 N–H and O–H groups in total. The predicted molar refractivity (Wildman–Crippen MR) is 128 cm³/mol. The van der Waals surface area contributed by atoms with E-state index >= 15 is 0 Å². The van der Waals surface area contributed by atoms with E-state index < -0.39 is 16.1 Å². The van der Waals surface area contributed by atoms with Crippen molar-refractivity contribution in [1.82, 2.24) is 9.97 Å². The number of amides is 1. The number of aryl methyl sites for hydroxylation is 4. The van der Waals surface area contributed by atoms with E-state index in [2.05, 4.69) is 20.0 Å². The first-order valence-electron chi connectivity index (χ1n) is 10.6. The number of ether oxygens (including phenoxy) is 1. The van der Waals surface area contributed by atoms with Gasteiger partial charge in [-0.2, -0.15) is 0 Å². The van der Waals surface area contributed by atoms with Gasteiger partial charge in [-0.25, -0.2) is 23.1 Å². The molecule has 0 spiro atoms. The molecule has 0 saturated carbocycles. The Labute approximate surface area is 194 Å². The van der Waals surface area contributed by atoms with Crippen LogP contribution in [0.25, 0.3) is 0 Å². The van der Waals surface area contributed by atoms with Crippen LogP contribution in [-0.4, -0.2) is 30.4 Å². The van der Waals surface area contributed by atoms with Gasteiger partial charge in [0.1, 0.15) is 5.75 Å². The molecule has 1 atom stereocenters. The molecule has 2 aromatic carbocycles. The molecule has 0 unspecified atom stereocenters. The topological polar surface area (TPSA) is 110 Å². The molecule has 1 heterocycles. The maximum Gasteiger partial charge on any atom is 0.265 e. The highest BCUT2D eigenvalue weighted by Crippen LogP contribution is 2.22. The lowest BCUT2D eigenvalue weighted by Crippen LogP contribution is -2.32. The molecule has 8 nitrogen and oxygen atoms in total. The van der Waals surface area contributed by atoms with Crippen molar-refractivity contribution >= 4 is 27.6 Å². The third-order valence-electron chi connectivity index (χ3n) is 4.92. The van der Waals surface area contributed by atoms with Gasteiger partial charge in [-0.15, -0.1) is 0 Å². The monoisotopic (exact) mass is 468 g/mol. The lowest BCUT2D eigenvalue weighted by molar-refractivity contribution is -0.122. The number of nitrogens with one attached hydrogen (secondary N) is 2. The smallest absolute Gasteiger partial charge is 0.265 e. The van der Waals surface area contributed by atoms with Crippen LogP contribution in [-0.2, 0) is 14.8 Å². The molecule has 3 rings (SSSR count). The highest BCUT2D eigenvalue weighted by atomic mass is 32.2. The number of carbonyl (C=O) groups excluding carboxylic acids is 1. The number of nitrogens with zero attached hydrogens (tertiary/aromatic N) is 2. The van der Waals surface area contributed by atoms with E-state index in [0.717, 1.165) is 11.1 Å². The second-order valence-corrected chi connectivity index (χ2v) is 9.56. The van der Waals surface area contributed by atoms with E-state index in [-0.39, 0.29) is 16.8 Å². The highest BCUT2D eigenvalue weighted by Gasteiger charge is 2.21. The minimum atomic E-state index is -3.88. The van der Waals surface area contributed by atoms with Crippen molar-refractivity contribution in [2.75, 3.05) is 10.0 Å². The first-order chi connectivity index (χ1) is 15.6. The summed E-state index contributed by atoms with van der Waals surface area (Å²) >= 11 is 0. The molecular weight excluding hydrogens is 440 g/mol. The first-order valence-corrected chi connectivity index (χ1v) is 12.1. The molecule has 0 aliphatic rings. The molecule has 33 heavy (non-hydrogen) atoms. The second-order valence-electron chi connectivity index (χ2n) is 7.88. The molecule has 0 saturated heterocycles. The van der Waals surface area contributed by atoms with Crippen molar-refractivity contribution in [2.24, 2.45) is 0 Å². The van der Waals surface area contributed by atoms with Crippen LogP contribution in [0.4, 0.5) is 11.6 Å². The number of benzene rings is 2. The molecule has 0 radical (unpaired) electrons. The summed E-state index contributed by atoms with van der Waals surface area (Å²) in [5, 5.41) is 2.79. The van der Waals surface area contributed by atoms with Gasteiger partial charge < -0.3 is 10.1 Å². The van der Waals surface area contributed by atoms with Crippen molar-refractivity contribution < 1.29 is 17.9 Å². The van der Waals surface area contributed by atoms with Gasteiger partial charge in [0.05, 0.1) is 4.90 Å². The maximum absolute atomic E-state index is 12.7. The van der Waals surface area contributed by atoms with E-state index in [0.29, 0.717) is 29.2 Å². The number of sulfonamides is 1. The van der Waals surface area contributed by atoms with Crippen molar-refractivity contribution in [3.63, 3.8) is 0 Å². The molecule has 0 bridgehead atoms. The molecule has 0 aliphatic heterocycles. The maximum atomic E-state index is 12.7. The van der Waals surface area contributed by atoms with E-state index in [1.54, 1.807) is 19.9 Å². The summed E-state index contributed by atoms with van der Waals surface area (Å²) in [4.78, 5) is 21.0. The number of aromatic nitrogens is 2. The fraction of sp³-hybridized carbons (Fsp3) is 0.292. The molecular formula is C24H28N4O4S. The van der Waals surface area contributed by atoms with Crippen LogP contribution in [0.3, 0.4) is 0 Å². The minimum Gasteiger partial charge on any atom is -0.480 e. The number of rotatable bonds is 8. The van der Waals surface area contributed by atoms with Gasteiger partial charge >= 0.3 is 0 Å². The van der Waals surface area contributed by atoms with Gasteiger partial charge in [0.25, 0.3) is 15.9 Å². The fourth-order valence-corrected chi connectivity index (χ4v) is 4.14. The molecule has 174 valence electrons. The molecule has 0 aliphatic carbocycles. The normalized spacial score (nSPS) is 12.2. The summed E-state index contributed by atoms with van der Waals surface area (Å²) in [6, 6.07) is 13.5. The Morgan fingerprint density at radius 3 is 2.21 bits per heavy atom. The summed E-state index contributed by atoms with van der Waals surface area (Å²) < 4.78 is 33.7. The predicted octanol–water partition coefficient (Wildman–Crippen LogP) is 4.31. The largest absolute Gasteiger partial charge is 0.480 e. The van der Waals surface area contributed by atoms with E-state index in [9.17, 15) is 13.2 Å². The molecule has 0 fully saturated rings. The number of hydrogen-bond donors (Lipinski definition) is 2. The van der Waals surface area contributed by atoms with E-state index in [1.807, 2.05) is 39.0 Å². The third kappa shape index (κ3) is 6.29. The van der Waals surface area contributed by atoms with Gasteiger partial charge in [-0.3, -0.25) is 4.79 Å². The zero-order valence-electron chi connectivity index (χ0n) is 19.3. The second kappa shape index (κ2) is 9.99.